The maximum absolute atomic E-state index is 9.08. The molecule has 18 heavy (non-hydrogen) atoms. The Bertz CT molecular complexity index is 538. The molecule has 0 unspecified atom stereocenters. The van der Waals surface area contributed by atoms with Gasteiger partial charge in [-0.3, -0.25) is 0 Å². The van der Waals surface area contributed by atoms with Crippen molar-refractivity contribution in [3.63, 3.8) is 0 Å². The largest absolute Gasteiger partial charge is 0.242 e. The number of hydrogen-bond acceptors (Lipinski definition) is 2. The fourth-order valence-corrected chi connectivity index (χ4v) is 1.31. The summed E-state index contributed by atoms with van der Waals surface area (Å²) in [6.07, 6.45) is 0. The third-order valence-electron chi connectivity index (χ3n) is 2.34. The zero-order chi connectivity index (χ0) is 14.0. The van der Waals surface area contributed by atoms with Crippen molar-refractivity contribution in [2.24, 2.45) is 5.41 Å². The van der Waals surface area contributed by atoms with E-state index in [1.807, 2.05) is 26.8 Å². The van der Waals surface area contributed by atoms with Crippen molar-refractivity contribution in [3.8, 4) is 17.9 Å². The number of pyridine rings is 1. The van der Waals surface area contributed by atoms with E-state index >= 15 is 0 Å². The van der Waals surface area contributed by atoms with Gasteiger partial charge in [0.1, 0.15) is 11.8 Å². The third-order valence-corrected chi connectivity index (χ3v) is 2.34. The van der Waals surface area contributed by atoms with Crippen LogP contribution in [0.1, 0.15) is 58.5 Å². The molecular weight excluding hydrogens is 220 g/mol. The second-order valence-corrected chi connectivity index (χ2v) is 6.45. The molecule has 0 N–H and O–H groups in total. The van der Waals surface area contributed by atoms with Crippen LogP contribution >= 0.6 is 0 Å². The molecule has 1 heterocycles. The highest BCUT2D eigenvalue weighted by Gasteiger charge is 2.17. The average Bonchev–Trinajstić information content (AvgIpc) is 2.23. The molecule has 0 saturated carbocycles. The van der Waals surface area contributed by atoms with Gasteiger partial charge in [-0.15, -0.1) is 0 Å². The summed E-state index contributed by atoms with van der Waals surface area (Å²) in [6.45, 7) is 12.4. The molecule has 2 heteroatoms. The molecule has 0 aliphatic heterocycles. The van der Waals surface area contributed by atoms with Crippen LogP contribution in [0.3, 0.4) is 0 Å². The summed E-state index contributed by atoms with van der Waals surface area (Å²) < 4.78 is 0. The van der Waals surface area contributed by atoms with Gasteiger partial charge in [0.05, 0.1) is 5.56 Å². The number of nitriles is 1. The summed E-state index contributed by atoms with van der Waals surface area (Å²) in [5, 5.41) is 9.08. The first-order valence-corrected chi connectivity index (χ1v) is 6.08. The minimum Gasteiger partial charge on any atom is -0.242 e. The zero-order valence-corrected chi connectivity index (χ0v) is 12.0. The standard InChI is InChI=1S/C16H20N2/c1-15(2,3)10-9-13-12(11-17)7-8-14(18-13)16(4,5)6/h7-8H,1-6H3. The van der Waals surface area contributed by atoms with Crippen molar-refractivity contribution in [2.75, 3.05) is 0 Å². The molecule has 0 aliphatic rings. The number of hydrogen-bond donors (Lipinski definition) is 0. The number of aromatic nitrogens is 1. The first-order valence-electron chi connectivity index (χ1n) is 6.08. The molecule has 0 fully saturated rings. The van der Waals surface area contributed by atoms with Crippen LogP contribution in [0, 0.1) is 28.6 Å². The normalized spacial score (nSPS) is 11.4. The molecule has 1 aromatic heterocycles. The van der Waals surface area contributed by atoms with Gasteiger partial charge in [0.25, 0.3) is 0 Å². The van der Waals surface area contributed by atoms with E-state index in [0.717, 1.165) is 5.69 Å². The van der Waals surface area contributed by atoms with Crippen LogP contribution in [0.5, 0.6) is 0 Å². The van der Waals surface area contributed by atoms with Crippen LogP contribution in [0.2, 0.25) is 0 Å². The zero-order valence-electron chi connectivity index (χ0n) is 12.0. The smallest absolute Gasteiger partial charge is 0.131 e. The lowest BCUT2D eigenvalue weighted by atomic mass is 9.91. The molecule has 94 valence electrons. The number of nitrogens with zero attached hydrogens (tertiary/aromatic N) is 2. The van der Waals surface area contributed by atoms with E-state index in [-0.39, 0.29) is 10.8 Å². The Kier molecular flexibility index (Phi) is 3.82. The summed E-state index contributed by atoms with van der Waals surface area (Å²) in [6, 6.07) is 5.85. The van der Waals surface area contributed by atoms with E-state index < -0.39 is 0 Å². The second kappa shape index (κ2) is 4.83. The Morgan fingerprint density at radius 2 is 1.67 bits per heavy atom. The Balaban J connectivity index is 3.32. The predicted octanol–water partition coefficient (Wildman–Crippen LogP) is 3.65. The summed E-state index contributed by atoms with van der Waals surface area (Å²) in [5.74, 6) is 6.16. The highest BCUT2D eigenvalue weighted by Crippen LogP contribution is 2.21. The van der Waals surface area contributed by atoms with Gasteiger partial charge in [-0.2, -0.15) is 5.26 Å². The van der Waals surface area contributed by atoms with E-state index in [2.05, 4.69) is 43.7 Å². The summed E-state index contributed by atoms with van der Waals surface area (Å²) in [4.78, 5) is 4.52. The van der Waals surface area contributed by atoms with Gasteiger partial charge in [-0.25, -0.2) is 4.98 Å². The minimum atomic E-state index is -0.0911. The van der Waals surface area contributed by atoms with Crippen molar-refractivity contribution in [3.05, 3.63) is 29.1 Å². The first kappa shape index (κ1) is 14.3. The van der Waals surface area contributed by atoms with E-state index in [1.165, 1.54) is 0 Å². The van der Waals surface area contributed by atoms with Crippen LogP contribution in [0.25, 0.3) is 0 Å². The third kappa shape index (κ3) is 3.90. The topological polar surface area (TPSA) is 36.7 Å². The Hall–Kier alpha value is -1.80. The van der Waals surface area contributed by atoms with Crippen molar-refractivity contribution in [2.45, 2.75) is 47.0 Å². The molecule has 0 radical (unpaired) electrons. The lowest BCUT2D eigenvalue weighted by Crippen LogP contribution is -2.14. The molecule has 1 rings (SSSR count). The molecule has 2 nitrogen and oxygen atoms in total. The molecule has 0 bridgehead atoms. The maximum Gasteiger partial charge on any atom is 0.131 e. The Morgan fingerprint density at radius 3 is 2.11 bits per heavy atom. The predicted molar refractivity (Wildman–Crippen MR) is 74.0 cm³/mol. The van der Waals surface area contributed by atoms with Crippen molar-refractivity contribution >= 4 is 0 Å². The second-order valence-electron chi connectivity index (χ2n) is 6.45. The lowest BCUT2D eigenvalue weighted by molar-refractivity contribution is 0.566. The van der Waals surface area contributed by atoms with Crippen LogP contribution in [0.4, 0.5) is 0 Å². The van der Waals surface area contributed by atoms with Crippen LogP contribution in [-0.4, -0.2) is 4.98 Å². The Morgan fingerprint density at radius 1 is 1.06 bits per heavy atom. The van der Waals surface area contributed by atoms with Gasteiger partial charge in [0.15, 0.2) is 0 Å². The van der Waals surface area contributed by atoms with Crippen LogP contribution in [0.15, 0.2) is 12.1 Å². The van der Waals surface area contributed by atoms with E-state index in [4.69, 9.17) is 5.26 Å². The van der Waals surface area contributed by atoms with Crippen LogP contribution in [-0.2, 0) is 5.41 Å². The fraction of sp³-hybridized carbons (Fsp3) is 0.500. The van der Waals surface area contributed by atoms with Gasteiger partial charge in [0.2, 0.25) is 0 Å². The SMILES string of the molecule is CC(C)(C)C#Cc1nc(C(C)(C)C)ccc1C#N. The first-order chi connectivity index (χ1) is 8.13. The van der Waals surface area contributed by atoms with Crippen molar-refractivity contribution in [1.82, 2.24) is 4.98 Å². The molecule has 0 aromatic carbocycles. The lowest BCUT2D eigenvalue weighted by Gasteiger charge is -2.18. The number of rotatable bonds is 0. The average molecular weight is 240 g/mol. The summed E-state index contributed by atoms with van der Waals surface area (Å²) in [7, 11) is 0. The van der Waals surface area contributed by atoms with Gasteiger partial charge in [0, 0.05) is 16.5 Å². The van der Waals surface area contributed by atoms with Crippen LogP contribution < -0.4 is 0 Å². The van der Waals surface area contributed by atoms with Gasteiger partial charge < -0.3 is 0 Å². The van der Waals surface area contributed by atoms with E-state index in [1.54, 1.807) is 6.07 Å². The van der Waals surface area contributed by atoms with E-state index in [0.29, 0.717) is 11.3 Å². The van der Waals surface area contributed by atoms with Crippen molar-refractivity contribution < 1.29 is 0 Å². The quantitative estimate of drug-likeness (QED) is 0.649. The summed E-state index contributed by atoms with van der Waals surface area (Å²) in [5.41, 5.74) is 1.96. The molecule has 0 spiro atoms. The molecule has 0 aliphatic carbocycles. The van der Waals surface area contributed by atoms with Gasteiger partial charge >= 0.3 is 0 Å². The van der Waals surface area contributed by atoms with Crippen molar-refractivity contribution in [1.29, 1.82) is 5.26 Å². The molecule has 0 atom stereocenters. The van der Waals surface area contributed by atoms with Gasteiger partial charge in [-0.1, -0.05) is 26.7 Å². The van der Waals surface area contributed by atoms with Gasteiger partial charge in [-0.05, 0) is 38.8 Å². The minimum absolute atomic E-state index is 0.0356. The molecule has 1 aromatic rings. The Labute approximate surface area is 110 Å². The van der Waals surface area contributed by atoms with E-state index in [9.17, 15) is 0 Å². The molecular formula is C16H20N2. The highest BCUT2D eigenvalue weighted by atomic mass is 14.7. The monoisotopic (exact) mass is 240 g/mol. The highest BCUT2D eigenvalue weighted by molar-refractivity contribution is 5.45. The molecule has 0 saturated heterocycles. The summed E-state index contributed by atoms with van der Waals surface area (Å²) >= 11 is 0. The molecule has 0 amide bonds. The maximum atomic E-state index is 9.08. The fourth-order valence-electron chi connectivity index (χ4n) is 1.31.